The van der Waals surface area contributed by atoms with E-state index < -0.39 is 5.91 Å². The molecule has 0 atom stereocenters. The number of nitrogens with one attached hydrogen (secondary N) is 1. The molecule has 0 spiro atoms. The lowest BCUT2D eigenvalue weighted by molar-refractivity contribution is 0.0951. The van der Waals surface area contributed by atoms with Crippen LogP contribution < -0.4 is 11.2 Å². The number of benzene rings is 1. The van der Waals surface area contributed by atoms with Crippen molar-refractivity contribution in [2.45, 2.75) is 0 Å². The number of rotatable bonds is 3. The molecule has 1 aromatic carbocycles. The second kappa shape index (κ2) is 5.92. The number of anilines is 1. The van der Waals surface area contributed by atoms with Crippen LogP contribution in [0.5, 0.6) is 0 Å². The number of halogens is 1. The van der Waals surface area contributed by atoms with Gasteiger partial charge < -0.3 is 5.73 Å². The van der Waals surface area contributed by atoms with Gasteiger partial charge in [0.05, 0.1) is 6.21 Å². The third kappa shape index (κ3) is 3.49. The van der Waals surface area contributed by atoms with Gasteiger partial charge in [0.25, 0.3) is 5.91 Å². The summed E-state index contributed by atoms with van der Waals surface area (Å²) in [5.41, 5.74) is 8.68. The highest BCUT2D eigenvalue weighted by Crippen LogP contribution is 2.07. The molecule has 19 heavy (non-hydrogen) atoms. The fraction of sp³-hybridized carbons (Fsp3) is 0. The molecule has 1 heterocycles. The van der Waals surface area contributed by atoms with Crippen LogP contribution in [0.4, 0.5) is 5.82 Å². The molecular formula is C12H10ClN5O. The maximum absolute atomic E-state index is 11.7. The van der Waals surface area contributed by atoms with Crippen LogP contribution in [0.2, 0.25) is 5.02 Å². The van der Waals surface area contributed by atoms with Crippen molar-refractivity contribution in [3.63, 3.8) is 0 Å². The van der Waals surface area contributed by atoms with Gasteiger partial charge in [-0.2, -0.15) is 5.10 Å². The first kappa shape index (κ1) is 13.0. The van der Waals surface area contributed by atoms with Gasteiger partial charge in [-0.25, -0.2) is 15.4 Å². The fourth-order valence-corrected chi connectivity index (χ4v) is 1.42. The molecule has 0 saturated heterocycles. The van der Waals surface area contributed by atoms with Crippen LogP contribution in [0.25, 0.3) is 0 Å². The number of aromatic nitrogens is 2. The molecule has 0 unspecified atom stereocenters. The Balaban J connectivity index is 2.01. The number of hydrazone groups is 1. The Bertz CT molecular complexity index is 612. The minimum absolute atomic E-state index is 0.0377. The van der Waals surface area contributed by atoms with Crippen LogP contribution in [0, 0.1) is 0 Å². The van der Waals surface area contributed by atoms with Gasteiger partial charge >= 0.3 is 0 Å². The van der Waals surface area contributed by atoms with Gasteiger partial charge in [-0.3, -0.25) is 4.79 Å². The summed E-state index contributed by atoms with van der Waals surface area (Å²) in [7, 11) is 0. The van der Waals surface area contributed by atoms with Gasteiger partial charge in [-0.1, -0.05) is 23.7 Å². The normalized spacial score (nSPS) is 10.6. The maximum atomic E-state index is 11.7. The molecule has 1 aromatic heterocycles. The van der Waals surface area contributed by atoms with Crippen molar-refractivity contribution < 1.29 is 4.79 Å². The van der Waals surface area contributed by atoms with E-state index in [0.717, 1.165) is 5.56 Å². The summed E-state index contributed by atoms with van der Waals surface area (Å²) in [6, 6.07) is 7.00. The van der Waals surface area contributed by atoms with E-state index in [-0.39, 0.29) is 11.5 Å². The average Bonchev–Trinajstić information content (AvgIpc) is 2.41. The molecule has 0 aliphatic rings. The zero-order valence-electron chi connectivity index (χ0n) is 9.75. The van der Waals surface area contributed by atoms with Gasteiger partial charge in [0.1, 0.15) is 0 Å². The first-order chi connectivity index (χ1) is 9.16. The third-order valence-electron chi connectivity index (χ3n) is 2.19. The first-order valence-corrected chi connectivity index (χ1v) is 5.70. The van der Waals surface area contributed by atoms with Crippen molar-refractivity contribution in [2.75, 3.05) is 5.73 Å². The number of nitrogen functional groups attached to an aromatic ring is 1. The predicted octanol–water partition coefficient (Wildman–Crippen LogP) is 1.48. The van der Waals surface area contributed by atoms with E-state index in [2.05, 4.69) is 20.5 Å². The lowest BCUT2D eigenvalue weighted by Crippen LogP contribution is -2.21. The van der Waals surface area contributed by atoms with E-state index in [0.29, 0.717) is 5.02 Å². The molecule has 0 radical (unpaired) electrons. The van der Waals surface area contributed by atoms with Crippen molar-refractivity contribution in [1.82, 2.24) is 15.4 Å². The highest BCUT2D eigenvalue weighted by Gasteiger charge is 2.10. The summed E-state index contributed by atoms with van der Waals surface area (Å²) in [4.78, 5) is 19.3. The zero-order chi connectivity index (χ0) is 13.7. The van der Waals surface area contributed by atoms with Crippen molar-refractivity contribution in [3.05, 3.63) is 52.9 Å². The number of nitrogens with zero attached hydrogens (tertiary/aromatic N) is 3. The van der Waals surface area contributed by atoms with Gasteiger partial charge in [0.2, 0.25) is 0 Å². The maximum Gasteiger partial charge on any atom is 0.293 e. The molecule has 0 fully saturated rings. The van der Waals surface area contributed by atoms with Crippen LogP contribution in [0.15, 0.2) is 41.8 Å². The number of amides is 1. The summed E-state index contributed by atoms with van der Waals surface area (Å²) < 4.78 is 0. The number of carbonyl (C=O) groups is 1. The molecule has 1 amide bonds. The molecule has 2 aromatic rings. The molecule has 7 heteroatoms. The largest absolute Gasteiger partial charge is 0.382 e. The Morgan fingerprint density at radius 3 is 2.63 bits per heavy atom. The molecule has 6 nitrogen and oxygen atoms in total. The van der Waals surface area contributed by atoms with Crippen molar-refractivity contribution in [3.8, 4) is 0 Å². The smallest absolute Gasteiger partial charge is 0.293 e. The Labute approximate surface area is 114 Å². The standard InChI is InChI=1S/C12H10ClN5O/c13-9-3-1-8(2-4-9)7-17-18-12(19)10-11(14)16-6-5-15-10/h1-7H,(H2,14,16)(H,18,19)/b17-7+. The van der Waals surface area contributed by atoms with Crippen LogP contribution in [-0.2, 0) is 0 Å². The minimum Gasteiger partial charge on any atom is -0.382 e. The number of carbonyl (C=O) groups excluding carboxylic acids is 1. The summed E-state index contributed by atoms with van der Waals surface area (Å²) in [6.07, 6.45) is 4.28. The summed E-state index contributed by atoms with van der Waals surface area (Å²) >= 11 is 5.75. The second-order valence-electron chi connectivity index (χ2n) is 3.54. The quantitative estimate of drug-likeness (QED) is 0.655. The van der Waals surface area contributed by atoms with E-state index >= 15 is 0 Å². The number of nitrogens with two attached hydrogens (primary N) is 1. The van der Waals surface area contributed by atoms with E-state index in [4.69, 9.17) is 17.3 Å². The fourth-order valence-electron chi connectivity index (χ4n) is 1.29. The Hall–Kier alpha value is -2.47. The summed E-state index contributed by atoms with van der Waals surface area (Å²) in [5.74, 6) is -0.461. The van der Waals surface area contributed by atoms with Crippen LogP contribution in [0.1, 0.15) is 16.1 Å². The summed E-state index contributed by atoms with van der Waals surface area (Å²) in [5, 5.41) is 4.43. The number of hydrogen-bond acceptors (Lipinski definition) is 5. The number of hydrogen-bond donors (Lipinski definition) is 2. The lowest BCUT2D eigenvalue weighted by atomic mass is 10.2. The monoisotopic (exact) mass is 275 g/mol. The SMILES string of the molecule is Nc1nccnc1C(=O)N/N=C/c1ccc(Cl)cc1. The molecule has 3 N–H and O–H groups in total. The van der Waals surface area contributed by atoms with Crippen LogP contribution in [-0.4, -0.2) is 22.1 Å². The van der Waals surface area contributed by atoms with Crippen LogP contribution in [0.3, 0.4) is 0 Å². The molecule has 0 bridgehead atoms. The van der Waals surface area contributed by atoms with Crippen LogP contribution >= 0.6 is 11.6 Å². The van der Waals surface area contributed by atoms with Crippen molar-refractivity contribution in [2.24, 2.45) is 5.10 Å². The Morgan fingerprint density at radius 2 is 1.95 bits per heavy atom. The predicted molar refractivity (Wildman–Crippen MR) is 73.0 cm³/mol. The van der Waals surface area contributed by atoms with Crippen molar-refractivity contribution >= 4 is 29.5 Å². The molecular weight excluding hydrogens is 266 g/mol. The highest BCUT2D eigenvalue weighted by atomic mass is 35.5. The van der Waals surface area contributed by atoms with Crippen molar-refractivity contribution in [1.29, 1.82) is 0 Å². The molecule has 0 saturated carbocycles. The van der Waals surface area contributed by atoms with Gasteiger partial charge in [0, 0.05) is 17.4 Å². The molecule has 0 aliphatic carbocycles. The van der Waals surface area contributed by atoms with Gasteiger partial charge in [-0.05, 0) is 17.7 Å². The average molecular weight is 276 g/mol. The van der Waals surface area contributed by atoms with E-state index in [1.54, 1.807) is 24.3 Å². The van der Waals surface area contributed by atoms with E-state index in [1.807, 2.05) is 0 Å². The second-order valence-corrected chi connectivity index (χ2v) is 3.98. The Kier molecular flexibility index (Phi) is 4.04. The van der Waals surface area contributed by atoms with E-state index in [9.17, 15) is 4.79 Å². The highest BCUT2D eigenvalue weighted by molar-refractivity contribution is 6.30. The third-order valence-corrected chi connectivity index (χ3v) is 2.44. The topological polar surface area (TPSA) is 93.3 Å². The molecule has 0 aliphatic heterocycles. The van der Waals surface area contributed by atoms with Gasteiger partial charge in [0.15, 0.2) is 11.5 Å². The van der Waals surface area contributed by atoms with E-state index in [1.165, 1.54) is 18.6 Å². The lowest BCUT2D eigenvalue weighted by Gasteiger charge is -2.00. The molecule has 96 valence electrons. The van der Waals surface area contributed by atoms with Gasteiger partial charge in [-0.15, -0.1) is 0 Å². The zero-order valence-corrected chi connectivity index (χ0v) is 10.5. The Morgan fingerprint density at radius 1 is 1.26 bits per heavy atom. The molecule has 2 rings (SSSR count). The summed E-state index contributed by atoms with van der Waals surface area (Å²) in [6.45, 7) is 0. The first-order valence-electron chi connectivity index (χ1n) is 5.32. The minimum atomic E-state index is -0.518.